The van der Waals surface area contributed by atoms with Gasteiger partial charge in [0.25, 0.3) is 0 Å². The van der Waals surface area contributed by atoms with Gasteiger partial charge in [0.15, 0.2) is 0 Å². The number of hydrogen-bond donors (Lipinski definition) is 1. The van der Waals surface area contributed by atoms with Gasteiger partial charge in [0, 0.05) is 18.0 Å². The molecule has 0 amide bonds. The van der Waals surface area contributed by atoms with Crippen molar-refractivity contribution in [1.29, 1.82) is 0 Å². The molecule has 0 radical (unpaired) electrons. The molecular formula is C14H14Cl2N2OS. The number of nitrogens with zero attached hydrogens (tertiary/aromatic N) is 1. The topological polar surface area (TPSA) is 34.1 Å². The van der Waals surface area contributed by atoms with Gasteiger partial charge in [-0.2, -0.15) is 0 Å². The van der Waals surface area contributed by atoms with Crippen molar-refractivity contribution in [3.05, 3.63) is 44.3 Å². The molecule has 1 aromatic carbocycles. The fourth-order valence-electron chi connectivity index (χ4n) is 1.76. The lowest BCUT2D eigenvalue weighted by molar-refractivity contribution is 0.302. The SMILES string of the molecule is Clc1cccc(OCc2csc(CNC3CC3)n2)c1Cl. The molecule has 6 heteroatoms. The second-order valence-electron chi connectivity index (χ2n) is 4.73. The van der Waals surface area contributed by atoms with Crippen LogP contribution in [0.1, 0.15) is 23.5 Å². The Morgan fingerprint density at radius 3 is 3.00 bits per heavy atom. The summed E-state index contributed by atoms with van der Waals surface area (Å²) >= 11 is 13.7. The number of ether oxygens (including phenoxy) is 1. The minimum atomic E-state index is 0.403. The monoisotopic (exact) mass is 328 g/mol. The summed E-state index contributed by atoms with van der Waals surface area (Å²) < 4.78 is 5.66. The Bertz CT molecular complexity index is 599. The smallest absolute Gasteiger partial charge is 0.140 e. The normalized spacial score (nSPS) is 14.5. The van der Waals surface area contributed by atoms with Gasteiger partial charge in [-0.1, -0.05) is 29.3 Å². The molecule has 0 atom stereocenters. The van der Waals surface area contributed by atoms with Crippen LogP contribution >= 0.6 is 34.5 Å². The molecule has 0 bridgehead atoms. The van der Waals surface area contributed by atoms with E-state index in [9.17, 15) is 0 Å². The number of benzene rings is 1. The fourth-order valence-corrected chi connectivity index (χ4v) is 2.84. The van der Waals surface area contributed by atoms with Gasteiger partial charge in [-0.15, -0.1) is 11.3 Å². The molecule has 0 spiro atoms. The summed E-state index contributed by atoms with van der Waals surface area (Å²) in [5.41, 5.74) is 0.915. The Hall–Kier alpha value is -0.810. The van der Waals surface area contributed by atoms with E-state index in [1.54, 1.807) is 23.5 Å². The van der Waals surface area contributed by atoms with E-state index in [2.05, 4.69) is 10.3 Å². The Labute approximate surface area is 131 Å². The van der Waals surface area contributed by atoms with E-state index in [-0.39, 0.29) is 0 Å². The average molecular weight is 329 g/mol. The number of nitrogens with one attached hydrogen (secondary N) is 1. The summed E-state index contributed by atoms with van der Waals surface area (Å²) in [6, 6.07) is 6.05. The van der Waals surface area contributed by atoms with Crippen molar-refractivity contribution in [3.8, 4) is 5.75 Å². The van der Waals surface area contributed by atoms with Crippen LogP contribution in [0.25, 0.3) is 0 Å². The predicted octanol–water partition coefficient (Wildman–Crippen LogP) is 4.28. The maximum absolute atomic E-state index is 6.07. The van der Waals surface area contributed by atoms with Crippen LogP contribution < -0.4 is 10.1 Å². The van der Waals surface area contributed by atoms with E-state index in [1.165, 1.54) is 12.8 Å². The molecular weight excluding hydrogens is 315 g/mol. The van der Waals surface area contributed by atoms with E-state index in [4.69, 9.17) is 27.9 Å². The molecule has 1 heterocycles. The van der Waals surface area contributed by atoms with Gasteiger partial charge >= 0.3 is 0 Å². The van der Waals surface area contributed by atoms with E-state index in [0.29, 0.717) is 28.4 Å². The maximum atomic E-state index is 6.07. The maximum Gasteiger partial charge on any atom is 0.140 e. The molecule has 3 rings (SSSR count). The predicted molar refractivity (Wildman–Crippen MR) is 82.8 cm³/mol. The van der Waals surface area contributed by atoms with E-state index >= 15 is 0 Å². The van der Waals surface area contributed by atoms with E-state index < -0.39 is 0 Å². The highest BCUT2D eigenvalue weighted by Gasteiger charge is 2.20. The first-order valence-corrected chi connectivity index (χ1v) is 8.09. The number of rotatable bonds is 6. The van der Waals surface area contributed by atoms with Crippen molar-refractivity contribution in [2.75, 3.05) is 0 Å². The zero-order valence-corrected chi connectivity index (χ0v) is 13.1. The zero-order chi connectivity index (χ0) is 13.9. The molecule has 1 aromatic heterocycles. The van der Waals surface area contributed by atoms with Gasteiger partial charge in [0.2, 0.25) is 0 Å². The summed E-state index contributed by atoms with van der Waals surface area (Å²) in [6.07, 6.45) is 2.57. The average Bonchev–Trinajstić information content (AvgIpc) is 3.17. The van der Waals surface area contributed by atoms with Gasteiger partial charge in [-0.3, -0.25) is 0 Å². The molecule has 106 valence electrons. The van der Waals surface area contributed by atoms with Crippen molar-refractivity contribution >= 4 is 34.5 Å². The minimum Gasteiger partial charge on any atom is -0.486 e. The summed E-state index contributed by atoms with van der Waals surface area (Å²) in [6.45, 7) is 1.24. The highest BCUT2D eigenvalue weighted by Crippen LogP contribution is 2.32. The van der Waals surface area contributed by atoms with Gasteiger partial charge in [-0.05, 0) is 25.0 Å². The highest BCUT2D eigenvalue weighted by molar-refractivity contribution is 7.09. The third-order valence-corrected chi connectivity index (χ3v) is 4.71. The third kappa shape index (κ3) is 3.64. The van der Waals surface area contributed by atoms with Crippen LogP contribution in [0.4, 0.5) is 0 Å². The van der Waals surface area contributed by atoms with Crippen LogP contribution in [0.5, 0.6) is 5.75 Å². The molecule has 1 N–H and O–H groups in total. The molecule has 0 aliphatic heterocycles. The largest absolute Gasteiger partial charge is 0.486 e. The van der Waals surface area contributed by atoms with Crippen molar-refractivity contribution in [2.45, 2.75) is 32.0 Å². The van der Waals surface area contributed by atoms with Crippen molar-refractivity contribution < 1.29 is 4.74 Å². The molecule has 3 nitrogen and oxygen atoms in total. The lowest BCUT2D eigenvalue weighted by Crippen LogP contribution is -2.15. The summed E-state index contributed by atoms with van der Waals surface area (Å²) in [5.74, 6) is 0.588. The molecule has 1 saturated carbocycles. The van der Waals surface area contributed by atoms with Crippen LogP contribution in [-0.4, -0.2) is 11.0 Å². The van der Waals surface area contributed by atoms with E-state index in [1.807, 2.05) is 11.4 Å². The molecule has 20 heavy (non-hydrogen) atoms. The summed E-state index contributed by atoms with van der Waals surface area (Å²) in [4.78, 5) is 4.53. The molecule has 2 aromatic rings. The molecule has 0 saturated heterocycles. The van der Waals surface area contributed by atoms with Crippen LogP contribution in [0.2, 0.25) is 10.0 Å². The van der Waals surface area contributed by atoms with Gasteiger partial charge in [-0.25, -0.2) is 4.98 Å². The first-order valence-electron chi connectivity index (χ1n) is 6.46. The molecule has 0 unspecified atom stereocenters. The number of hydrogen-bond acceptors (Lipinski definition) is 4. The second-order valence-corrected chi connectivity index (χ2v) is 6.46. The van der Waals surface area contributed by atoms with Gasteiger partial charge in [0.1, 0.15) is 22.4 Å². The van der Waals surface area contributed by atoms with E-state index in [0.717, 1.165) is 17.2 Å². The van der Waals surface area contributed by atoms with Gasteiger partial charge < -0.3 is 10.1 Å². The lowest BCUT2D eigenvalue weighted by atomic mass is 10.3. The number of thiazole rings is 1. The fraction of sp³-hybridized carbons (Fsp3) is 0.357. The van der Waals surface area contributed by atoms with Crippen LogP contribution in [0.15, 0.2) is 23.6 Å². The minimum absolute atomic E-state index is 0.403. The van der Waals surface area contributed by atoms with Crippen molar-refractivity contribution in [3.63, 3.8) is 0 Å². The molecule has 1 fully saturated rings. The first kappa shape index (κ1) is 14.1. The Morgan fingerprint density at radius 2 is 2.20 bits per heavy atom. The molecule has 1 aliphatic rings. The van der Waals surface area contributed by atoms with Crippen LogP contribution in [0, 0.1) is 0 Å². The highest BCUT2D eigenvalue weighted by atomic mass is 35.5. The zero-order valence-electron chi connectivity index (χ0n) is 10.7. The second kappa shape index (κ2) is 6.31. The van der Waals surface area contributed by atoms with Crippen molar-refractivity contribution in [1.82, 2.24) is 10.3 Å². The summed E-state index contributed by atoms with van der Waals surface area (Å²) in [5, 5.41) is 7.49. The Balaban J connectivity index is 1.56. The number of aromatic nitrogens is 1. The van der Waals surface area contributed by atoms with Crippen LogP contribution in [0.3, 0.4) is 0 Å². The first-order chi connectivity index (χ1) is 9.72. The standard InChI is InChI=1S/C14H14Cl2N2OS/c15-11-2-1-3-12(14(11)16)19-7-10-8-20-13(18-10)6-17-9-4-5-9/h1-3,8-9,17H,4-7H2. The lowest BCUT2D eigenvalue weighted by Gasteiger charge is -2.07. The quantitative estimate of drug-likeness (QED) is 0.859. The van der Waals surface area contributed by atoms with Crippen molar-refractivity contribution in [2.24, 2.45) is 0 Å². The van der Waals surface area contributed by atoms with Crippen LogP contribution in [-0.2, 0) is 13.2 Å². The van der Waals surface area contributed by atoms with Gasteiger partial charge in [0.05, 0.1) is 10.7 Å². The Kier molecular flexibility index (Phi) is 4.46. The number of halogens is 2. The molecule has 1 aliphatic carbocycles. The third-order valence-electron chi connectivity index (χ3n) is 3.01. The summed E-state index contributed by atoms with van der Waals surface area (Å²) in [7, 11) is 0. The Morgan fingerprint density at radius 1 is 1.35 bits per heavy atom.